The van der Waals surface area contributed by atoms with Gasteiger partial charge in [0.15, 0.2) is 5.78 Å². The lowest BCUT2D eigenvalue weighted by Crippen LogP contribution is -2.67. The third kappa shape index (κ3) is 4.52. The maximum absolute atomic E-state index is 12.9. The summed E-state index contributed by atoms with van der Waals surface area (Å²) in [4.78, 5) is 12.9. The van der Waals surface area contributed by atoms with Crippen molar-refractivity contribution in [3.63, 3.8) is 0 Å². The lowest BCUT2D eigenvalue weighted by atomic mass is 9.76. The topological polar surface area (TPSA) is 35.5 Å². The number of carbonyl (C=O) groups excluding carboxylic acids is 1. The molecule has 3 aliphatic rings. The van der Waals surface area contributed by atoms with Crippen molar-refractivity contribution >= 4 is 24.5 Å². The minimum atomic E-state index is -2.64. The zero-order chi connectivity index (χ0) is 24.6. The van der Waals surface area contributed by atoms with E-state index in [4.69, 9.17) is 9.16 Å². The molecule has 0 spiro atoms. The van der Waals surface area contributed by atoms with E-state index < -0.39 is 8.32 Å². The Hall–Kier alpha value is -2.27. The number of carbonyl (C=O) groups is 1. The van der Waals surface area contributed by atoms with E-state index in [1.165, 1.54) is 15.9 Å². The molecule has 2 heterocycles. The summed E-state index contributed by atoms with van der Waals surface area (Å²) in [6.45, 7) is 9.15. The van der Waals surface area contributed by atoms with Crippen molar-refractivity contribution < 1.29 is 14.0 Å². The monoisotopic (exact) mass is 486 g/mol. The SMILES string of the molecule is C/C1=C/CCC(=O)[C@@H]2O[C@H](C1)[C@H]1C[C@@H](O[Si](c3ccccc3)(c3ccccc3)C(C)(C)C)C=C[C@H]12. The van der Waals surface area contributed by atoms with Crippen LogP contribution in [0.2, 0.25) is 5.04 Å². The summed E-state index contributed by atoms with van der Waals surface area (Å²) in [5.41, 5.74) is 1.34. The van der Waals surface area contributed by atoms with Gasteiger partial charge in [0.05, 0.1) is 12.2 Å². The fourth-order valence-corrected chi connectivity index (χ4v) is 11.1. The summed E-state index contributed by atoms with van der Waals surface area (Å²) < 4.78 is 13.9. The molecule has 2 aromatic rings. The quantitative estimate of drug-likeness (QED) is 0.417. The van der Waals surface area contributed by atoms with E-state index in [-0.39, 0.29) is 35.1 Å². The molecule has 2 aromatic carbocycles. The zero-order valence-corrected chi connectivity index (χ0v) is 22.4. The highest BCUT2D eigenvalue weighted by Crippen LogP contribution is 2.45. The van der Waals surface area contributed by atoms with Crippen molar-refractivity contribution in [2.75, 3.05) is 0 Å². The molecule has 1 saturated heterocycles. The Bertz CT molecular complexity index is 1060. The maximum Gasteiger partial charge on any atom is 0.261 e. The first kappa shape index (κ1) is 24.4. The molecule has 0 amide bonds. The van der Waals surface area contributed by atoms with Gasteiger partial charge in [0.2, 0.25) is 0 Å². The maximum atomic E-state index is 12.9. The fourth-order valence-electron chi connectivity index (χ4n) is 6.50. The molecule has 3 nitrogen and oxygen atoms in total. The van der Waals surface area contributed by atoms with Gasteiger partial charge in [0.1, 0.15) is 6.10 Å². The van der Waals surface area contributed by atoms with Gasteiger partial charge >= 0.3 is 0 Å². The van der Waals surface area contributed by atoms with Crippen LogP contribution in [0.4, 0.5) is 0 Å². The first-order chi connectivity index (χ1) is 16.8. The van der Waals surface area contributed by atoms with Gasteiger partial charge in [-0.1, -0.05) is 105 Å². The molecule has 35 heavy (non-hydrogen) atoms. The Morgan fingerprint density at radius 2 is 1.57 bits per heavy atom. The van der Waals surface area contributed by atoms with E-state index in [1.807, 2.05) is 0 Å². The normalized spacial score (nSPS) is 30.6. The van der Waals surface area contributed by atoms with E-state index in [1.54, 1.807) is 0 Å². The molecule has 184 valence electrons. The van der Waals surface area contributed by atoms with Crippen LogP contribution >= 0.6 is 0 Å². The second kappa shape index (κ2) is 9.65. The lowest BCUT2D eigenvalue weighted by molar-refractivity contribution is -0.130. The van der Waals surface area contributed by atoms with Crippen molar-refractivity contribution in [2.24, 2.45) is 11.8 Å². The van der Waals surface area contributed by atoms with Gasteiger partial charge < -0.3 is 9.16 Å². The van der Waals surface area contributed by atoms with E-state index in [9.17, 15) is 4.79 Å². The van der Waals surface area contributed by atoms with Gasteiger partial charge in [0.25, 0.3) is 8.32 Å². The van der Waals surface area contributed by atoms with Crippen molar-refractivity contribution in [1.82, 2.24) is 0 Å². The second-order valence-electron chi connectivity index (χ2n) is 11.5. The molecule has 0 aromatic heterocycles. The summed E-state index contributed by atoms with van der Waals surface area (Å²) in [5, 5.41) is 2.54. The molecule has 4 heteroatoms. The van der Waals surface area contributed by atoms with Crippen molar-refractivity contribution in [3.05, 3.63) is 84.5 Å². The highest BCUT2D eigenvalue weighted by atomic mass is 28.4. The Morgan fingerprint density at radius 1 is 0.943 bits per heavy atom. The molecule has 0 radical (unpaired) electrons. The highest BCUT2D eigenvalue weighted by Gasteiger charge is 2.53. The summed E-state index contributed by atoms with van der Waals surface area (Å²) in [5.74, 6) is 0.723. The molecular weight excluding hydrogens is 448 g/mol. The summed E-state index contributed by atoms with van der Waals surface area (Å²) in [6, 6.07) is 21.7. The average molecular weight is 487 g/mol. The number of fused-ring (bicyclic) bond motifs is 5. The minimum Gasteiger partial charge on any atom is -0.401 e. The molecule has 0 saturated carbocycles. The largest absolute Gasteiger partial charge is 0.401 e. The Morgan fingerprint density at radius 3 is 2.17 bits per heavy atom. The zero-order valence-electron chi connectivity index (χ0n) is 21.4. The van der Waals surface area contributed by atoms with Crippen LogP contribution in [0.25, 0.3) is 0 Å². The van der Waals surface area contributed by atoms with Crippen LogP contribution in [-0.2, 0) is 14.0 Å². The molecule has 2 aliphatic heterocycles. The van der Waals surface area contributed by atoms with E-state index in [0.717, 1.165) is 19.3 Å². The Labute approximate surface area is 211 Å². The summed E-state index contributed by atoms with van der Waals surface area (Å²) in [6.07, 6.45) is 9.71. The number of benzene rings is 2. The van der Waals surface area contributed by atoms with Crippen molar-refractivity contribution in [2.45, 2.75) is 76.7 Å². The van der Waals surface area contributed by atoms with E-state index in [2.05, 4.69) is 107 Å². The number of Topliss-reactive ketones (excluding diaryl/α,β-unsaturated/α-hetero) is 1. The second-order valence-corrected chi connectivity index (χ2v) is 15.8. The molecule has 0 unspecified atom stereocenters. The third-order valence-electron chi connectivity index (χ3n) is 8.16. The fraction of sp³-hybridized carbons (Fsp3) is 0.452. The van der Waals surface area contributed by atoms with Gasteiger partial charge in [-0.25, -0.2) is 0 Å². The van der Waals surface area contributed by atoms with Gasteiger partial charge in [0, 0.05) is 12.3 Å². The van der Waals surface area contributed by atoms with Crippen LogP contribution in [0.1, 0.15) is 53.4 Å². The van der Waals surface area contributed by atoms with E-state index in [0.29, 0.717) is 12.3 Å². The van der Waals surface area contributed by atoms with Crippen LogP contribution in [0.5, 0.6) is 0 Å². The molecule has 0 N–H and O–H groups in total. The van der Waals surface area contributed by atoms with Gasteiger partial charge in [-0.15, -0.1) is 0 Å². The highest BCUT2D eigenvalue weighted by molar-refractivity contribution is 6.99. The predicted octanol–water partition coefficient (Wildman–Crippen LogP) is 5.59. The molecule has 1 aliphatic carbocycles. The standard InChI is InChI=1S/C31H38O3Si/c1-22-12-11-17-28(32)30-26-19-18-23(21-27(26)29(20-22)33-30)34-35(31(2,3)4,24-13-7-5-8-14-24)25-15-9-6-10-16-25/h5-10,12-16,18-19,23,26-27,29-30H,11,17,20-21H2,1-4H3/b22-12-/t23-,26+,27-,29+,30+/m0/s1. The van der Waals surface area contributed by atoms with Crippen molar-refractivity contribution in [1.29, 1.82) is 0 Å². The summed E-state index contributed by atoms with van der Waals surface area (Å²) in [7, 11) is -2.64. The molecule has 2 bridgehead atoms. The smallest absolute Gasteiger partial charge is 0.261 e. The number of rotatable bonds is 4. The van der Waals surface area contributed by atoms with Crippen LogP contribution < -0.4 is 10.4 Å². The number of ketones is 1. The number of ether oxygens (including phenoxy) is 1. The van der Waals surface area contributed by atoms with Gasteiger partial charge in [-0.05, 0) is 47.5 Å². The number of hydrogen-bond acceptors (Lipinski definition) is 3. The molecular formula is C31H38O3Si. The minimum absolute atomic E-state index is 0.00488. The van der Waals surface area contributed by atoms with Crippen LogP contribution in [0.3, 0.4) is 0 Å². The first-order valence-electron chi connectivity index (χ1n) is 13.1. The predicted molar refractivity (Wildman–Crippen MR) is 145 cm³/mol. The van der Waals surface area contributed by atoms with Gasteiger partial charge in [-0.2, -0.15) is 0 Å². The van der Waals surface area contributed by atoms with Crippen molar-refractivity contribution in [3.8, 4) is 0 Å². The average Bonchev–Trinajstić information content (AvgIpc) is 3.22. The van der Waals surface area contributed by atoms with E-state index >= 15 is 0 Å². The first-order valence-corrected chi connectivity index (χ1v) is 15.0. The number of allylic oxidation sites excluding steroid dienone is 1. The van der Waals surface area contributed by atoms with Crippen LogP contribution in [0.15, 0.2) is 84.5 Å². The van der Waals surface area contributed by atoms with Crippen LogP contribution in [-0.4, -0.2) is 32.4 Å². The van der Waals surface area contributed by atoms with Crippen LogP contribution in [0, 0.1) is 11.8 Å². The Balaban J connectivity index is 1.53. The van der Waals surface area contributed by atoms with Gasteiger partial charge in [-0.3, -0.25) is 4.79 Å². The third-order valence-corrected chi connectivity index (χ3v) is 13.2. The molecule has 1 fully saturated rings. The summed E-state index contributed by atoms with van der Waals surface area (Å²) >= 11 is 0. The Kier molecular flexibility index (Phi) is 6.73. The number of hydrogen-bond donors (Lipinski definition) is 0. The lowest BCUT2D eigenvalue weighted by Gasteiger charge is -2.46. The molecule has 5 atom stereocenters. The molecule has 5 rings (SSSR count).